The molecule has 0 aromatic carbocycles. The molecule has 21 heavy (non-hydrogen) atoms. The average molecular weight is 405 g/mol. The monoisotopic (exact) mass is 405 g/mol. The normalized spacial score (nSPS) is 19.4. The van der Waals surface area contributed by atoms with Crippen molar-refractivity contribution in [1.82, 2.24) is 14.5 Å². The van der Waals surface area contributed by atoms with Crippen molar-refractivity contribution in [3.05, 3.63) is 18.2 Å². The van der Waals surface area contributed by atoms with Crippen LogP contribution in [0.1, 0.15) is 38.4 Å². The van der Waals surface area contributed by atoms with Crippen molar-refractivity contribution in [3.8, 4) is 0 Å². The maximum Gasteiger partial charge on any atom is 0.191 e. The van der Waals surface area contributed by atoms with Crippen molar-refractivity contribution in [2.24, 2.45) is 16.6 Å². The van der Waals surface area contributed by atoms with Crippen LogP contribution in [-0.2, 0) is 6.54 Å². The first-order valence-electron chi connectivity index (χ1n) is 7.69. The van der Waals surface area contributed by atoms with E-state index in [4.69, 9.17) is 5.73 Å². The lowest BCUT2D eigenvalue weighted by Crippen LogP contribution is -2.43. The summed E-state index contributed by atoms with van der Waals surface area (Å²) >= 11 is 0. The molecule has 2 N–H and O–H groups in total. The fourth-order valence-electron chi connectivity index (χ4n) is 2.73. The van der Waals surface area contributed by atoms with Crippen LogP contribution in [0.15, 0.2) is 17.4 Å². The van der Waals surface area contributed by atoms with Crippen molar-refractivity contribution < 1.29 is 0 Å². The van der Waals surface area contributed by atoms with Gasteiger partial charge in [-0.3, -0.25) is 4.99 Å². The zero-order valence-electron chi connectivity index (χ0n) is 13.2. The number of imidazole rings is 1. The number of hydrogen-bond donors (Lipinski definition) is 1. The van der Waals surface area contributed by atoms with Crippen LogP contribution in [-0.4, -0.2) is 40.0 Å². The predicted octanol–water partition coefficient (Wildman–Crippen LogP) is 2.64. The number of nitrogens with two attached hydrogens (primary N) is 1. The number of hydrogen-bond acceptors (Lipinski definition) is 2. The molecule has 0 bridgehead atoms. The number of aromatic nitrogens is 2. The van der Waals surface area contributed by atoms with Crippen LogP contribution in [0.2, 0.25) is 0 Å². The predicted molar refractivity (Wildman–Crippen MR) is 98.1 cm³/mol. The Morgan fingerprint density at radius 3 is 2.95 bits per heavy atom. The van der Waals surface area contributed by atoms with E-state index < -0.39 is 0 Å². The molecule has 0 aliphatic carbocycles. The van der Waals surface area contributed by atoms with Gasteiger partial charge in [0, 0.05) is 38.6 Å². The van der Waals surface area contributed by atoms with E-state index in [9.17, 15) is 0 Å². The smallest absolute Gasteiger partial charge is 0.191 e. The summed E-state index contributed by atoms with van der Waals surface area (Å²) in [4.78, 5) is 11.0. The summed E-state index contributed by atoms with van der Waals surface area (Å²) in [6, 6.07) is 0. The van der Waals surface area contributed by atoms with Gasteiger partial charge in [-0.2, -0.15) is 0 Å². The molecule has 1 aliphatic heterocycles. The summed E-state index contributed by atoms with van der Waals surface area (Å²) < 4.78 is 2.18. The number of halogens is 1. The maximum absolute atomic E-state index is 6.07. The zero-order chi connectivity index (χ0) is 14.4. The van der Waals surface area contributed by atoms with Crippen molar-refractivity contribution >= 4 is 29.9 Å². The number of aliphatic imine (C=N–C) groups is 1. The van der Waals surface area contributed by atoms with Gasteiger partial charge < -0.3 is 15.2 Å². The van der Waals surface area contributed by atoms with Gasteiger partial charge in [-0.15, -0.1) is 24.0 Å². The minimum absolute atomic E-state index is 0. The van der Waals surface area contributed by atoms with Crippen molar-refractivity contribution in [3.63, 3.8) is 0 Å². The Hall–Kier alpha value is -0.790. The molecule has 1 saturated heterocycles. The van der Waals surface area contributed by atoms with Gasteiger partial charge in [0.25, 0.3) is 0 Å². The molecule has 1 aliphatic rings. The van der Waals surface area contributed by atoms with E-state index in [1.54, 1.807) is 0 Å². The molecule has 2 heterocycles. The Kier molecular flexibility index (Phi) is 8.06. The molecule has 120 valence electrons. The molecule has 1 unspecified atom stereocenters. The number of nitrogens with zero attached hydrogens (tertiary/aromatic N) is 4. The van der Waals surface area contributed by atoms with Gasteiger partial charge in [0.2, 0.25) is 0 Å². The van der Waals surface area contributed by atoms with Gasteiger partial charge in [-0.05, 0) is 38.5 Å². The SMILES string of the molecule is Cc1nccn1CCCCN=C(N)N1CCCC(C)C1.I. The van der Waals surface area contributed by atoms with E-state index in [1.807, 2.05) is 19.3 Å². The van der Waals surface area contributed by atoms with Crippen LogP contribution >= 0.6 is 24.0 Å². The highest BCUT2D eigenvalue weighted by Gasteiger charge is 2.17. The van der Waals surface area contributed by atoms with Gasteiger partial charge in [-0.1, -0.05) is 6.92 Å². The second-order valence-corrected chi connectivity index (χ2v) is 5.81. The summed E-state index contributed by atoms with van der Waals surface area (Å²) in [5, 5.41) is 0. The molecule has 0 spiro atoms. The molecule has 6 heteroatoms. The lowest BCUT2D eigenvalue weighted by Gasteiger charge is -2.31. The molecule has 5 nitrogen and oxygen atoms in total. The first-order chi connectivity index (χ1) is 9.66. The van der Waals surface area contributed by atoms with E-state index >= 15 is 0 Å². The lowest BCUT2D eigenvalue weighted by molar-refractivity contribution is 0.270. The van der Waals surface area contributed by atoms with Crippen LogP contribution in [0.4, 0.5) is 0 Å². The Balaban J connectivity index is 0.00000220. The van der Waals surface area contributed by atoms with Crippen LogP contribution < -0.4 is 5.73 Å². The number of rotatable bonds is 5. The third-order valence-electron chi connectivity index (χ3n) is 3.99. The number of guanidine groups is 1. The largest absolute Gasteiger partial charge is 0.370 e. The highest BCUT2D eigenvalue weighted by molar-refractivity contribution is 14.0. The summed E-state index contributed by atoms with van der Waals surface area (Å²) in [5.41, 5.74) is 6.07. The highest BCUT2D eigenvalue weighted by Crippen LogP contribution is 2.14. The standard InChI is InChI=1S/C15H27N5.HI/c1-13-6-5-10-20(12-13)15(16)18-7-3-4-9-19-11-8-17-14(19)2;/h8,11,13H,3-7,9-10,12H2,1-2H3,(H2,16,18);1H. The fourth-order valence-corrected chi connectivity index (χ4v) is 2.73. The van der Waals surface area contributed by atoms with Gasteiger partial charge in [-0.25, -0.2) is 4.98 Å². The third kappa shape index (κ3) is 5.84. The maximum atomic E-state index is 6.07. The summed E-state index contributed by atoms with van der Waals surface area (Å²) in [5.74, 6) is 2.55. The van der Waals surface area contributed by atoms with Crippen LogP contribution in [0.5, 0.6) is 0 Å². The van der Waals surface area contributed by atoms with Crippen molar-refractivity contribution in [1.29, 1.82) is 0 Å². The minimum atomic E-state index is 0. The second-order valence-electron chi connectivity index (χ2n) is 5.81. The van der Waals surface area contributed by atoms with Crippen molar-refractivity contribution in [2.75, 3.05) is 19.6 Å². The molecule has 1 aromatic heterocycles. The lowest BCUT2D eigenvalue weighted by atomic mass is 10.0. The average Bonchev–Trinajstić information content (AvgIpc) is 2.84. The van der Waals surface area contributed by atoms with E-state index in [1.165, 1.54) is 12.8 Å². The first kappa shape index (κ1) is 18.3. The molecule has 0 radical (unpaired) electrons. The van der Waals surface area contributed by atoms with Gasteiger partial charge in [0.15, 0.2) is 5.96 Å². The van der Waals surface area contributed by atoms with Crippen LogP contribution in [0.25, 0.3) is 0 Å². The van der Waals surface area contributed by atoms with Crippen molar-refractivity contribution in [2.45, 2.75) is 46.1 Å². The zero-order valence-corrected chi connectivity index (χ0v) is 15.5. The minimum Gasteiger partial charge on any atom is -0.370 e. The molecule has 2 rings (SSSR count). The Morgan fingerprint density at radius 2 is 2.29 bits per heavy atom. The van der Waals surface area contributed by atoms with Crippen LogP contribution in [0.3, 0.4) is 0 Å². The number of aryl methyl sites for hydroxylation is 2. The molecule has 1 aromatic rings. The molecule has 0 amide bonds. The van der Waals surface area contributed by atoms with E-state index in [2.05, 4.69) is 26.4 Å². The number of likely N-dealkylation sites (tertiary alicyclic amines) is 1. The molecular weight excluding hydrogens is 377 g/mol. The van der Waals surface area contributed by atoms with E-state index in [0.717, 1.165) is 56.7 Å². The second kappa shape index (κ2) is 9.27. The summed E-state index contributed by atoms with van der Waals surface area (Å²) in [7, 11) is 0. The Bertz CT molecular complexity index is 443. The summed E-state index contributed by atoms with van der Waals surface area (Å²) in [6.07, 6.45) is 8.61. The topological polar surface area (TPSA) is 59.4 Å². The fraction of sp³-hybridized carbons (Fsp3) is 0.733. The number of piperidine rings is 1. The highest BCUT2D eigenvalue weighted by atomic mass is 127. The van der Waals surface area contributed by atoms with Crippen LogP contribution in [0, 0.1) is 12.8 Å². The molecule has 1 atom stereocenters. The Morgan fingerprint density at radius 1 is 1.48 bits per heavy atom. The molecular formula is C15H28IN5. The van der Waals surface area contributed by atoms with Gasteiger partial charge >= 0.3 is 0 Å². The number of unbranched alkanes of at least 4 members (excludes halogenated alkanes) is 1. The van der Waals surface area contributed by atoms with Gasteiger partial charge in [0.05, 0.1) is 0 Å². The third-order valence-corrected chi connectivity index (χ3v) is 3.99. The quantitative estimate of drug-likeness (QED) is 0.355. The summed E-state index contributed by atoms with van der Waals surface area (Å²) in [6.45, 7) is 8.28. The van der Waals surface area contributed by atoms with E-state index in [-0.39, 0.29) is 24.0 Å². The molecule has 0 saturated carbocycles. The van der Waals surface area contributed by atoms with E-state index in [0.29, 0.717) is 0 Å². The molecule has 1 fully saturated rings. The van der Waals surface area contributed by atoms with Gasteiger partial charge in [0.1, 0.15) is 5.82 Å². The Labute approximate surface area is 145 Å². The first-order valence-corrected chi connectivity index (χ1v) is 7.69.